The smallest absolute Gasteiger partial charge is 0.426 e. The van der Waals surface area contributed by atoms with Crippen molar-refractivity contribution < 1.29 is 40.3 Å². The van der Waals surface area contributed by atoms with Gasteiger partial charge in [0.2, 0.25) is 0 Å². The van der Waals surface area contributed by atoms with Crippen LogP contribution in [0, 0.1) is 12.7 Å². The van der Waals surface area contributed by atoms with Crippen LogP contribution >= 0.6 is 0 Å². The summed E-state index contributed by atoms with van der Waals surface area (Å²) in [5.74, 6) is -0.385. The first kappa shape index (κ1) is 24.7. The van der Waals surface area contributed by atoms with Gasteiger partial charge in [0.1, 0.15) is 5.82 Å². The van der Waals surface area contributed by atoms with Crippen LogP contribution in [0.2, 0.25) is 0 Å². The third kappa shape index (κ3) is 6.34. The van der Waals surface area contributed by atoms with Crippen LogP contribution in [0.25, 0.3) is 11.3 Å². The largest absolute Gasteiger partial charge is 0.434 e. The van der Waals surface area contributed by atoms with Gasteiger partial charge in [-0.25, -0.2) is 9.18 Å². The van der Waals surface area contributed by atoms with Gasteiger partial charge in [0.25, 0.3) is 6.10 Å². The Morgan fingerprint density at radius 2 is 1.67 bits per heavy atom. The van der Waals surface area contributed by atoms with Gasteiger partial charge in [0.15, 0.2) is 0 Å². The van der Waals surface area contributed by atoms with Crippen LogP contribution in [0.4, 0.5) is 35.5 Å². The van der Waals surface area contributed by atoms with Gasteiger partial charge < -0.3 is 9.64 Å². The van der Waals surface area contributed by atoms with Gasteiger partial charge >= 0.3 is 18.4 Å². The Bertz CT molecular complexity index is 973. The summed E-state index contributed by atoms with van der Waals surface area (Å²) in [6.45, 7) is 2.47. The number of benzene rings is 1. The lowest BCUT2D eigenvalue weighted by Crippen LogP contribution is -2.52. The van der Waals surface area contributed by atoms with E-state index < -0.39 is 24.5 Å². The van der Waals surface area contributed by atoms with Crippen molar-refractivity contribution in [2.24, 2.45) is 0 Å². The van der Waals surface area contributed by atoms with Crippen molar-refractivity contribution in [2.45, 2.75) is 31.9 Å². The number of aryl methyl sites for hydroxylation is 1. The second kappa shape index (κ2) is 9.54. The quantitative estimate of drug-likeness (QED) is 0.583. The van der Waals surface area contributed by atoms with Crippen LogP contribution in [0.15, 0.2) is 36.4 Å². The molecule has 1 amide bonds. The molecule has 2 aromatic rings. The van der Waals surface area contributed by atoms with E-state index in [0.29, 0.717) is 23.5 Å². The fourth-order valence-corrected chi connectivity index (χ4v) is 3.39. The lowest BCUT2D eigenvalue weighted by molar-refractivity contribution is -0.308. The number of hydrogen-bond acceptors (Lipinski definition) is 4. The van der Waals surface area contributed by atoms with Gasteiger partial charge in [0, 0.05) is 44.0 Å². The highest BCUT2D eigenvalue weighted by Gasteiger charge is 2.60. The molecular formula is C21H20F7N3O2. The lowest BCUT2D eigenvalue weighted by Gasteiger charge is -2.35. The zero-order valence-corrected chi connectivity index (χ0v) is 17.4. The van der Waals surface area contributed by atoms with E-state index in [1.807, 2.05) is 11.0 Å². The summed E-state index contributed by atoms with van der Waals surface area (Å²) in [5.41, 5.74) is 2.75. The molecule has 0 unspecified atom stereocenters. The minimum Gasteiger partial charge on any atom is -0.426 e. The van der Waals surface area contributed by atoms with E-state index in [2.05, 4.69) is 9.72 Å². The molecule has 0 bridgehead atoms. The number of aromatic nitrogens is 1. The van der Waals surface area contributed by atoms with Gasteiger partial charge in [0.05, 0.1) is 5.69 Å². The first-order chi connectivity index (χ1) is 15.3. The second-order valence-electron chi connectivity index (χ2n) is 7.56. The molecule has 2 heterocycles. The number of amides is 1. The summed E-state index contributed by atoms with van der Waals surface area (Å²) in [5, 5.41) is 0. The Labute approximate surface area is 184 Å². The first-order valence-electron chi connectivity index (χ1n) is 9.88. The van der Waals surface area contributed by atoms with E-state index >= 15 is 0 Å². The van der Waals surface area contributed by atoms with Crippen LogP contribution in [0.5, 0.6) is 0 Å². The molecule has 12 heteroatoms. The average Bonchev–Trinajstić information content (AvgIpc) is 2.72. The SMILES string of the molecule is Cc1nc(-c2cccc(F)c2)ccc1CN1CCN(C(=O)OC(C(F)(F)F)C(F)(F)F)CC1. The number of piperazine rings is 1. The molecule has 1 saturated heterocycles. The number of carbonyl (C=O) groups excluding carboxylic acids is 1. The Morgan fingerprint density at radius 1 is 1.03 bits per heavy atom. The highest BCUT2D eigenvalue weighted by atomic mass is 19.4. The van der Waals surface area contributed by atoms with Crippen molar-refractivity contribution in [1.82, 2.24) is 14.8 Å². The predicted octanol–water partition coefficient (Wildman–Crippen LogP) is 4.94. The number of nitrogens with zero attached hydrogens (tertiary/aromatic N) is 3. The van der Waals surface area contributed by atoms with E-state index in [1.165, 1.54) is 12.1 Å². The normalized spacial score (nSPS) is 15.7. The van der Waals surface area contributed by atoms with E-state index in [9.17, 15) is 35.5 Å². The summed E-state index contributed by atoms with van der Waals surface area (Å²) >= 11 is 0. The zero-order valence-electron chi connectivity index (χ0n) is 17.4. The molecule has 0 aliphatic carbocycles. The van der Waals surface area contributed by atoms with Gasteiger partial charge in [-0.2, -0.15) is 26.3 Å². The molecule has 0 N–H and O–H groups in total. The van der Waals surface area contributed by atoms with Crippen LogP contribution in [0.1, 0.15) is 11.3 Å². The van der Waals surface area contributed by atoms with E-state index in [-0.39, 0.29) is 32.0 Å². The molecule has 1 aromatic heterocycles. The maximum absolute atomic E-state index is 13.4. The molecule has 33 heavy (non-hydrogen) atoms. The van der Waals surface area contributed by atoms with Crippen LogP contribution in [-0.2, 0) is 11.3 Å². The Morgan fingerprint density at radius 3 is 2.21 bits per heavy atom. The number of rotatable bonds is 4. The molecule has 1 aromatic carbocycles. The molecule has 0 spiro atoms. The average molecular weight is 479 g/mol. The van der Waals surface area contributed by atoms with Crippen LogP contribution < -0.4 is 0 Å². The van der Waals surface area contributed by atoms with Crippen molar-refractivity contribution in [3.8, 4) is 11.3 Å². The number of pyridine rings is 1. The van der Waals surface area contributed by atoms with Gasteiger partial charge in [-0.15, -0.1) is 0 Å². The Hall–Kier alpha value is -2.89. The molecule has 180 valence electrons. The van der Waals surface area contributed by atoms with Crippen molar-refractivity contribution in [3.63, 3.8) is 0 Å². The third-order valence-corrected chi connectivity index (χ3v) is 5.15. The van der Waals surface area contributed by atoms with Crippen molar-refractivity contribution in [1.29, 1.82) is 0 Å². The Balaban J connectivity index is 1.57. The topological polar surface area (TPSA) is 45.7 Å². The Kier molecular flexibility index (Phi) is 7.15. The number of hydrogen-bond donors (Lipinski definition) is 0. The second-order valence-corrected chi connectivity index (χ2v) is 7.56. The molecule has 5 nitrogen and oxygen atoms in total. The fraction of sp³-hybridized carbons (Fsp3) is 0.429. The van der Waals surface area contributed by atoms with E-state index in [1.54, 1.807) is 25.1 Å². The predicted molar refractivity (Wildman–Crippen MR) is 104 cm³/mol. The zero-order chi connectivity index (χ0) is 24.4. The highest BCUT2D eigenvalue weighted by molar-refractivity contribution is 5.68. The van der Waals surface area contributed by atoms with E-state index in [0.717, 1.165) is 10.5 Å². The minimum absolute atomic E-state index is 0.0882. The number of carbonyl (C=O) groups is 1. The molecule has 1 fully saturated rings. The monoisotopic (exact) mass is 479 g/mol. The molecule has 0 radical (unpaired) electrons. The molecule has 0 saturated carbocycles. The first-order valence-corrected chi connectivity index (χ1v) is 9.88. The van der Waals surface area contributed by atoms with Crippen LogP contribution in [0.3, 0.4) is 0 Å². The summed E-state index contributed by atoms with van der Waals surface area (Å²) in [7, 11) is 0. The van der Waals surface area contributed by atoms with Crippen molar-refractivity contribution in [3.05, 3.63) is 53.5 Å². The summed E-state index contributed by atoms with van der Waals surface area (Å²) in [6, 6.07) is 9.55. The molecule has 1 aliphatic rings. The van der Waals surface area contributed by atoms with Gasteiger partial charge in [-0.05, 0) is 30.7 Å². The maximum atomic E-state index is 13.4. The van der Waals surface area contributed by atoms with Gasteiger partial charge in [-0.1, -0.05) is 18.2 Å². The molecular weight excluding hydrogens is 459 g/mol. The van der Waals surface area contributed by atoms with E-state index in [4.69, 9.17) is 0 Å². The van der Waals surface area contributed by atoms with Crippen molar-refractivity contribution in [2.75, 3.05) is 26.2 Å². The third-order valence-electron chi connectivity index (χ3n) is 5.15. The van der Waals surface area contributed by atoms with Crippen LogP contribution in [-0.4, -0.2) is 65.5 Å². The standard InChI is InChI=1S/C21H20F7N3O2/c1-13-15(5-6-17(29-13)14-3-2-4-16(22)11-14)12-30-7-9-31(10-8-30)19(32)33-18(20(23,24)25)21(26,27)28/h2-6,11,18H,7-10,12H2,1H3. The summed E-state index contributed by atoms with van der Waals surface area (Å²) in [6.07, 6.45) is -17.3. The molecule has 1 aliphatic heterocycles. The molecule has 3 rings (SSSR count). The minimum atomic E-state index is -5.75. The lowest BCUT2D eigenvalue weighted by atomic mass is 10.1. The summed E-state index contributed by atoms with van der Waals surface area (Å²) in [4.78, 5) is 19.1. The van der Waals surface area contributed by atoms with Gasteiger partial charge in [-0.3, -0.25) is 9.88 Å². The number of ether oxygens (including phenoxy) is 1. The maximum Gasteiger partial charge on any atom is 0.434 e. The highest BCUT2D eigenvalue weighted by Crippen LogP contribution is 2.36. The number of alkyl halides is 6. The summed E-state index contributed by atoms with van der Waals surface area (Å²) < 4.78 is 92.7. The van der Waals surface area contributed by atoms with Crippen molar-refractivity contribution >= 4 is 6.09 Å². The molecule has 0 atom stereocenters. The fourth-order valence-electron chi connectivity index (χ4n) is 3.39. The number of halogens is 7.